The summed E-state index contributed by atoms with van der Waals surface area (Å²) in [6.07, 6.45) is 27.8. The molecule has 3 unspecified atom stereocenters. The maximum atomic E-state index is 11.6. The van der Waals surface area contributed by atoms with Gasteiger partial charge in [0.05, 0.1) is 6.10 Å². The Morgan fingerprint density at radius 1 is 0.925 bits per heavy atom. The van der Waals surface area contributed by atoms with Crippen molar-refractivity contribution in [3.8, 4) is 0 Å². The molecule has 40 heavy (non-hydrogen) atoms. The third-order valence-corrected chi connectivity index (χ3v) is 9.76. The largest absolute Gasteiger partial charge is 0.388 e. The van der Waals surface area contributed by atoms with Crippen LogP contribution in [0, 0.1) is 18.8 Å². The number of benzene rings is 2. The predicted octanol–water partition coefficient (Wildman–Crippen LogP) is 9.26. The second kappa shape index (κ2) is 11.9. The van der Waals surface area contributed by atoms with Crippen molar-refractivity contribution in [1.29, 1.82) is 0 Å². The molecule has 3 fully saturated rings. The summed E-state index contributed by atoms with van der Waals surface area (Å²) in [4.78, 5) is 0. The lowest BCUT2D eigenvalue weighted by molar-refractivity contribution is 0.0979. The van der Waals surface area contributed by atoms with E-state index < -0.39 is 6.10 Å². The zero-order valence-corrected chi connectivity index (χ0v) is 24.2. The molecule has 1 spiro atoms. The van der Waals surface area contributed by atoms with Crippen molar-refractivity contribution in [1.82, 2.24) is 0 Å². The van der Waals surface area contributed by atoms with Crippen LogP contribution >= 0.6 is 0 Å². The first-order valence-electron chi connectivity index (χ1n) is 15.6. The number of aryl methyl sites for hydroxylation is 2. The molecule has 208 valence electrons. The van der Waals surface area contributed by atoms with Crippen LogP contribution in [0.1, 0.15) is 92.2 Å². The topological polar surface area (TPSA) is 32.8 Å². The van der Waals surface area contributed by atoms with Gasteiger partial charge in [0.1, 0.15) is 11.7 Å². The van der Waals surface area contributed by atoms with E-state index in [1.807, 2.05) is 0 Å². The first-order valence-corrected chi connectivity index (χ1v) is 15.6. The average molecular weight is 533 g/mol. The Balaban J connectivity index is 1.09. The SMILES string of the molecule is CCc1cccc(C)c1C1OC12CCC[C@H]2C(O)C1=CCC=C(/C=C/c2ccc(/C=C\C3CCCC3)cc2)C=C1. The van der Waals surface area contributed by atoms with Crippen LogP contribution in [0.15, 0.2) is 90.1 Å². The van der Waals surface area contributed by atoms with Crippen LogP contribution in [0.3, 0.4) is 0 Å². The van der Waals surface area contributed by atoms with Gasteiger partial charge in [0.15, 0.2) is 0 Å². The molecule has 1 N–H and O–H groups in total. The molecule has 1 saturated heterocycles. The second-order valence-corrected chi connectivity index (χ2v) is 12.3. The Morgan fingerprint density at radius 3 is 2.48 bits per heavy atom. The van der Waals surface area contributed by atoms with Crippen LogP contribution in [-0.2, 0) is 11.2 Å². The van der Waals surface area contributed by atoms with E-state index in [0.29, 0.717) is 0 Å². The fraction of sp³-hybridized carbons (Fsp3) is 0.421. The van der Waals surface area contributed by atoms with Crippen molar-refractivity contribution >= 4 is 12.2 Å². The smallest absolute Gasteiger partial charge is 0.113 e. The van der Waals surface area contributed by atoms with E-state index in [2.05, 4.69) is 105 Å². The highest BCUT2D eigenvalue weighted by Gasteiger charge is 2.65. The summed E-state index contributed by atoms with van der Waals surface area (Å²) in [7, 11) is 0. The standard InChI is InChI=1S/C38H44O2/c1-3-32-13-6-9-27(2)35(32)37-38(40-37)26-8-15-34(38)36(39)33-14-7-12-29(24-25-33)17-19-31-22-20-30(21-23-31)18-16-28-10-4-5-11-28/h6,9,12-14,16-25,28,34,36-37,39H,3-5,7-8,10-11,15,26H2,1-2H3/b18-16-,19-17+/t34-,36?,37?,38?/m0/s1. The predicted molar refractivity (Wildman–Crippen MR) is 167 cm³/mol. The van der Waals surface area contributed by atoms with Gasteiger partial charge in [-0.3, -0.25) is 0 Å². The maximum Gasteiger partial charge on any atom is 0.113 e. The fourth-order valence-corrected chi connectivity index (χ4v) is 7.38. The lowest BCUT2D eigenvalue weighted by atomic mass is 9.81. The van der Waals surface area contributed by atoms with Gasteiger partial charge in [-0.1, -0.05) is 111 Å². The van der Waals surface area contributed by atoms with Crippen LogP contribution < -0.4 is 0 Å². The lowest BCUT2D eigenvalue weighted by Crippen LogP contribution is -2.32. The molecule has 1 heterocycles. The van der Waals surface area contributed by atoms with Gasteiger partial charge >= 0.3 is 0 Å². The molecule has 2 saturated carbocycles. The van der Waals surface area contributed by atoms with Crippen LogP contribution in [0.5, 0.6) is 0 Å². The number of ether oxygens (including phenoxy) is 1. The van der Waals surface area contributed by atoms with E-state index in [1.54, 1.807) is 0 Å². The molecule has 2 heteroatoms. The highest BCUT2D eigenvalue weighted by atomic mass is 16.6. The maximum absolute atomic E-state index is 11.6. The molecule has 0 aromatic heterocycles. The third kappa shape index (κ3) is 5.62. The van der Waals surface area contributed by atoms with Crippen molar-refractivity contribution in [2.24, 2.45) is 11.8 Å². The Morgan fingerprint density at radius 2 is 1.70 bits per heavy atom. The normalized spacial score (nSPS) is 27.5. The summed E-state index contributed by atoms with van der Waals surface area (Å²) in [5.74, 6) is 0.904. The minimum absolute atomic E-state index is 0.113. The number of allylic oxidation sites excluding steroid dienone is 6. The lowest BCUT2D eigenvalue weighted by Gasteiger charge is -2.24. The molecule has 2 aromatic rings. The zero-order valence-electron chi connectivity index (χ0n) is 24.2. The van der Waals surface area contributed by atoms with Crippen molar-refractivity contribution in [3.05, 3.63) is 118 Å². The molecule has 4 atom stereocenters. The van der Waals surface area contributed by atoms with Gasteiger partial charge in [0, 0.05) is 5.92 Å². The summed E-state index contributed by atoms with van der Waals surface area (Å²) in [6.45, 7) is 4.42. The van der Waals surface area contributed by atoms with Crippen LogP contribution in [0.2, 0.25) is 0 Å². The quantitative estimate of drug-likeness (QED) is 0.344. The molecule has 2 nitrogen and oxygen atoms in total. The Kier molecular flexibility index (Phi) is 8.10. The highest BCUT2D eigenvalue weighted by Crippen LogP contribution is 2.64. The van der Waals surface area contributed by atoms with Gasteiger partial charge in [-0.25, -0.2) is 0 Å². The summed E-state index contributed by atoms with van der Waals surface area (Å²) in [5, 5.41) is 11.6. The van der Waals surface area contributed by atoms with E-state index in [-0.39, 0.29) is 17.6 Å². The first-order chi connectivity index (χ1) is 19.6. The first kappa shape index (κ1) is 27.2. The number of hydrogen-bond donors (Lipinski definition) is 1. The van der Waals surface area contributed by atoms with Crippen molar-refractivity contribution in [2.45, 2.75) is 89.4 Å². The zero-order chi connectivity index (χ0) is 27.5. The summed E-state index contributed by atoms with van der Waals surface area (Å²) in [6, 6.07) is 15.4. The molecule has 2 aromatic carbocycles. The van der Waals surface area contributed by atoms with E-state index in [1.165, 1.54) is 59.1 Å². The van der Waals surface area contributed by atoms with Crippen molar-refractivity contribution in [3.63, 3.8) is 0 Å². The second-order valence-electron chi connectivity index (χ2n) is 12.3. The number of rotatable bonds is 8. The van der Waals surface area contributed by atoms with Crippen molar-refractivity contribution < 1.29 is 9.84 Å². The Bertz CT molecular complexity index is 1350. The number of aliphatic hydroxyl groups excluding tert-OH is 1. The number of epoxide rings is 1. The minimum Gasteiger partial charge on any atom is -0.388 e. The summed E-state index contributed by atoms with van der Waals surface area (Å²) in [5.41, 5.74) is 8.53. The number of aliphatic hydroxyl groups is 1. The Hall–Kier alpha value is -2.94. The molecule has 1 aliphatic heterocycles. The van der Waals surface area contributed by atoms with Gasteiger partial charge in [-0.2, -0.15) is 0 Å². The molecule has 0 radical (unpaired) electrons. The fourth-order valence-electron chi connectivity index (χ4n) is 7.38. The van der Waals surface area contributed by atoms with Gasteiger partial charge in [0.2, 0.25) is 0 Å². The van der Waals surface area contributed by atoms with E-state index in [4.69, 9.17) is 4.74 Å². The van der Waals surface area contributed by atoms with Gasteiger partial charge in [-0.15, -0.1) is 0 Å². The summed E-state index contributed by atoms with van der Waals surface area (Å²) < 4.78 is 6.55. The van der Waals surface area contributed by atoms with E-state index >= 15 is 0 Å². The third-order valence-electron chi connectivity index (χ3n) is 9.76. The van der Waals surface area contributed by atoms with Gasteiger partial charge < -0.3 is 9.84 Å². The average Bonchev–Trinajstić information content (AvgIpc) is 3.27. The molecule has 6 rings (SSSR count). The molecule has 0 amide bonds. The molecule has 4 aliphatic rings. The molecular weight excluding hydrogens is 488 g/mol. The highest BCUT2D eigenvalue weighted by molar-refractivity contribution is 5.59. The Labute approximate surface area is 240 Å². The molecular formula is C38H44O2. The van der Waals surface area contributed by atoms with Crippen LogP contribution in [0.25, 0.3) is 12.2 Å². The summed E-state index contributed by atoms with van der Waals surface area (Å²) >= 11 is 0. The van der Waals surface area contributed by atoms with Crippen molar-refractivity contribution in [2.75, 3.05) is 0 Å². The van der Waals surface area contributed by atoms with Gasteiger partial charge in [0.25, 0.3) is 0 Å². The minimum atomic E-state index is -0.501. The molecule has 3 aliphatic carbocycles. The number of hydrogen-bond acceptors (Lipinski definition) is 2. The monoisotopic (exact) mass is 532 g/mol. The van der Waals surface area contributed by atoms with Crippen LogP contribution in [-0.4, -0.2) is 16.8 Å². The van der Waals surface area contributed by atoms with E-state index in [0.717, 1.165) is 43.6 Å². The van der Waals surface area contributed by atoms with Gasteiger partial charge in [-0.05, 0) is 96.8 Å². The molecule has 0 bridgehead atoms. The van der Waals surface area contributed by atoms with E-state index in [9.17, 15) is 5.11 Å². The van der Waals surface area contributed by atoms with Crippen LogP contribution in [0.4, 0.5) is 0 Å².